The highest BCUT2D eigenvalue weighted by molar-refractivity contribution is 8.00. The Balaban J connectivity index is 2.73. The van der Waals surface area contributed by atoms with Crippen molar-refractivity contribution in [2.24, 2.45) is 0 Å². The fourth-order valence-electron chi connectivity index (χ4n) is 1.75. The molecule has 2 N–H and O–H groups in total. The normalized spacial score (nSPS) is 23.5. The molecule has 1 saturated heterocycles. The minimum atomic E-state index is -0.940. The molecular formula is C11H18N2O3S. The van der Waals surface area contributed by atoms with E-state index >= 15 is 0 Å². The molecule has 0 saturated carbocycles. The van der Waals surface area contributed by atoms with Gasteiger partial charge < -0.3 is 10.4 Å². The summed E-state index contributed by atoms with van der Waals surface area (Å²) < 4.78 is 0. The topological polar surface area (TPSA) is 69.6 Å². The van der Waals surface area contributed by atoms with Crippen molar-refractivity contribution in [3.8, 4) is 0 Å². The zero-order chi connectivity index (χ0) is 12.8. The fourth-order valence-corrected chi connectivity index (χ4v) is 3.26. The smallest absolute Gasteiger partial charge is 0.327 e. The van der Waals surface area contributed by atoms with Crippen LogP contribution in [-0.2, 0) is 4.79 Å². The van der Waals surface area contributed by atoms with Gasteiger partial charge >= 0.3 is 12.0 Å². The number of carbonyl (C=O) groups is 2. The molecular weight excluding hydrogens is 240 g/mol. The second-order valence-electron chi connectivity index (χ2n) is 3.81. The van der Waals surface area contributed by atoms with Gasteiger partial charge in [-0.1, -0.05) is 19.4 Å². The summed E-state index contributed by atoms with van der Waals surface area (Å²) in [5.74, 6) is -0.480. The zero-order valence-electron chi connectivity index (χ0n) is 9.89. The third-order valence-corrected chi connectivity index (χ3v) is 3.90. The van der Waals surface area contributed by atoms with E-state index in [2.05, 4.69) is 11.9 Å². The number of hydrogen-bond acceptors (Lipinski definition) is 3. The third kappa shape index (κ3) is 3.39. The Bertz CT molecular complexity index is 309. The summed E-state index contributed by atoms with van der Waals surface area (Å²) in [6, 6.07) is -1.04. The molecule has 1 fully saturated rings. The molecule has 1 aliphatic rings. The van der Waals surface area contributed by atoms with Gasteiger partial charge in [-0.15, -0.1) is 18.3 Å². The van der Waals surface area contributed by atoms with E-state index in [4.69, 9.17) is 5.11 Å². The molecule has 0 spiro atoms. The van der Waals surface area contributed by atoms with E-state index in [1.165, 1.54) is 16.7 Å². The minimum absolute atomic E-state index is 0.0362. The summed E-state index contributed by atoms with van der Waals surface area (Å²) in [5.41, 5.74) is 0. The van der Waals surface area contributed by atoms with E-state index < -0.39 is 12.0 Å². The standard InChI is InChI=1S/C11H18N2O3S/c1-3-5-9-13(11(16)12-6-4-2)8(7-17-9)10(14)15/h4,8-9H,2-3,5-7H2,1H3,(H,12,16)(H,14,15). The lowest BCUT2D eigenvalue weighted by atomic mass is 10.2. The van der Waals surface area contributed by atoms with Crippen molar-refractivity contribution in [1.29, 1.82) is 0 Å². The molecule has 1 rings (SSSR count). The molecule has 2 unspecified atom stereocenters. The number of hydrogen-bond donors (Lipinski definition) is 2. The average Bonchev–Trinajstić information content (AvgIpc) is 2.70. The highest BCUT2D eigenvalue weighted by Crippen LogP contribution is 2.32. The van der Waals surface area contributed by atoms with Crippen molar-refractivity contribution in [2.75, 3.05) is 12.3 Å². The first kappa shape index (κ1) is 13.9. The number of carboxylic acids is 1. The van der Waals surface area contributed by atoms with Gasteiger partial charge in [0.15, 0.2) is 0 Å². The summed E-state index contributed by atoms with van der Waals surface area (Å²) in [6.45, 7) is 5.89. The van der Waals surface area contributed by atoms with Crippen molar-refractivity contribution in [1.82, 2.24) is 10.2 Å². The van der Waals surface area contributed by atoms with Crippen LogP contribution in [-0.4, -0.2) is 45.7 Å². The second-order valence-corrected chi connectivity index (χ2v) is 5.02. The number of rotatable bonds is 5. The lowest BCUT2D eigenvalue weighted by Crippen LogP contribution is -2.50. The lowest BCUT2D eigenvalue weighted by Gasteiger charge is -2.27. The van der Waals surface area contributed by atoms with Gasteiger partial charge in [0, 0.05) is 12.3 Å². The summed E-state index contributed by atoms with van der Waals surface area (Å²) in [6.07, 6.45) is 3.32. The molecule has 0 aromatic rings. The molecule has 5 nitrogen and oxygen atoms in total. The van der Waals surface area contributed by atoms with Crippen LogP contribution in [0.4, 0.5) is 4.79 Å². The van der Waals surface area contributed by atoms with Crippen LogP contribution in [0, 0.1) is 0 Å². The Morgan fingerprint density at radius 1 is 1.65 bits per heavy atom. The molecule has 2 amide bonds. The van der Waals surface area contributed by atoms with Crippen LogP contribution < -0.4 is 5.32 Å². The molecule has 1 aliphatic heterocycles. The van der Waals surface area contributed by atoms with E-state index in [1.54, 1.807) is 6.08 Å². The zero-order valence-corrected chi connectivity index (χ0v) is 10.7. The molecule has 0 aliphatic carbocycles. The number of nitrogens with one attached hydrogen (secondary N) is 1. The predicted molar refractivity (Wildman–Crippen MR) is 68.0 cm³/mol. The Morgan fingerprint density at radius 2 is 2.35 bits per heavy atom. The monoisotopic (exact) mass is 258 g/mol. The van der Waals surface area contributed by atoms with Crippen LogP contribution in [0.25, 0.3) is 0 Å². The molecule has 6 heteroatoms. The van der Waals surface area contributed by atoms with Gasteiger partial charge in [-0.05, 0) is 6.42 Å². The van der Waals surface area contributed by atoms with E-state index in [9.17, 15) is 9.59 Å². The maximum atomic E-state index is 11.9. The molecule has 0 radical (unpaired) electrons. The molecule has 17 heavy (non-hydrogen) atoms. The fraction of sp³-hybridized carbons (Fsp3) is 0.636. The van der Waals surface area contributed by atoms with Gasteiger partial charge in [0.2, 0.25) is 0 Å². The molecule has 2 atom stereocenters. The summed E-state index contributed by atoms with van der Waals surface area (Å²) in [7, 11) is 0. The molecule has 0 bridgehead atoms. The third-order valence-electron chi connectivity index (χ3n) is 2.55. The Labute approximate surface area is 105 Å². The van der Waals surface area contributed by atoms with Gasteiger partial charge in [0.25, 0.3) is 0 Å². The van der Waals surface area contributed by atoms with E-state index in [0.29, 0.717) is 12.3 Å². The van der Waals surface area contributed by atoms with E-state index in [0.717, 1.165) is 12.8 Å². The summed E-state index contributed by atoms with van der Waals surface area (Å²) >= 11 is 1.53. The van der Waals surface area contributed by atoms with Crippen LogP contribution in [0.1, 0.15) is 19.8 Å². The van der Waals surface area contributed by atoms with Crippen LogP contribution in [0.5, 0.6) is 0 Å². The van der Waals surface area contributed by atoms with Crippen LogP contribution in [0.15, 0.2) is 12.7 Å². The SMILES string of the molecule is C=CCNC(=O)N1C(CCC)SCC1C(=O)O. The maximum Gasteiger partial charge on any atom is 0.327 e. The van der Waals surface area contributed by atoms with Crippen molar-refractivity contribution in [2.45, 2.75) is 31.2 Å². The number of carbonyl (C=O) groups excluding carboxylic acids is 1. The maximum absolute atomic E-state index is 11.9. The Morgan fingerprint density at radius 3 is 2.88 bits per heavy atom. The van der Waals surface area contributed by atoms with Crippen LogP contribution in [0.3, 0.4) is 0 Å². The second kappa shape index (κ2) is 6.54. The molecule has 0 aromatic heterocycles. The number of aliphatic carboxylic acids is 1. The summed E-state index contributed by atoms with van der Waals surface area (Å²) in [4.78, 5) is 24.4. The number of nitrogens with zero attached hydrogens (tertiary/aromatic N) is 1. The first-order valence-corrected chi connectivity index (χ1v) is 6.68. The average molecular weight is 258 g/mol. The van der Waals surface area contributed by atoms with Gasteiger partial charge in [-0.2, -0.15) is 0 Å². The lowest BCUT2D eigenvalue weighted by molar-refractivity contribution is -0.141. The van der Waals surface area contributed by atoms with Crippen LogP contribution >= 0.6 is 11.8 Å². The highest BCUT2D eigenvalue weighted by atomic mass is 32.2. The molecule has 0 aromatic carbocycles. The molecule has 96 valence electrons. The predicted octanol–water partition coefficient (Wildman–Crippen LogP) is 1.51. The van der Waals surface area contributed by atoms with Gasteiger partial charge in [-0.3, -0.25) is 4.90 Å². The minimum Gasteiger partial charge on any atom is -0.480 e. The van der Waals surface area contributed by atoms with Crippen molar-refractivity contribution < 1.29 is 14.7 Å². The van der Waals surface area contributed by atoms with Crippen molar-refractivity contribution in [3.05, 3.63) is 12.7 Å². The van der Waals surface area contributed by atoms with Gasteiger partial charge in [-0.25, -0.2) is 9.59 Å². The van der Waals surface area contributed by atoms with Crippen molar-refractivity contribution >= 4 is 23.8 Å². The molecule has 1 heterocycles. The number of urea groups is 1. The largest absolute Gasteiger partial charge is 0.480 e. The van der Waals surface area contributed by atoms with Crippen LogP contribution in [0.2, 0.25) is 0 Å². The van der Waals surface area contributed by atoms with E-state index in [-0.39, 0.29) is 11.4 Å². The number of amides is 2. The number of carboxylic acid groups (broad SMARTS) is 1. The first-order chi connectivity index (χ1) is 8.11. The summed E-state index contributed by atoms with van der Waals surface area (Å²) in [5, 5.41) is 11.7. The van der Waals surface area contributed by atoms with Gasteiger partial charge in [0.05, 0.1) is 5.37 Å². The first-order valence-electron chi connectivity index (χ1n) is 5.63. The van der Waals surface area contributed by atoms with Gasteiger partial charge in [0.1, 0.15) is 6.04 Å². The van der Waals surface area contributed by atoms with E-state index in [1.807, 2.05) is 6.92 Å². The van der Waals surface area contributed by atoms with Crippen molar-refractivity contribution in [3.63, 3.8) is 0 Å². The quantitative estimate of drug-likeness (QED) is 0.733. The number of thioether (sulfide) groups is 1. The Hall–Kier alpha value is -1.17. The Kier molecular flexibility index (Phi) is 5.34. The highest BCUT2D eigenvalue weighted by Gasteiger charge is 2.40.